The summed E-state index contributed by atoms with van der Waals surface area (Å²) in [4.78, 5) is 5.53. The Bertz CT molecular complexity index is 248. The molecule has 0 bridgehead atoms. The van der Waals surface area contributed by atoms with Gasteiger partial charge in [-0.25, -0.2) is 0 Å². The van der Waals surface area contributed by atoms with Gasteiger partial charge in [-0.05, 0) is 70.6 Å². The predicted octanol–water partition coefficient (Wildman–Crippen LogP) is 1.28. The predicted molar refractivity (Wildman–Crippen MR) is 71.0 cm³/mol. The zero-order valence-corrected chi connectivity index (χ0v) is 11.0. The standard InChI is InChI=1S/C14H27N3/c15-7-3-12-4-9-17(10-5-12)14-6-11-16-8-1-2-13(14)16/h12-14H,1-11,15H2. The fraction of sp³-hybridized carbons (Fsp3) is 1.00. The highest BCUT2D eigenvalue weighted by molar-refractivity contribution is 4.97. The summed E-state index contributed by atoms with van der Waals surface area (Å²) in [5.74, 6) is 0.914. The third-order valence-corrected chi connectivity index (χ3v) is 5.26. The van der Waals surface area contributed by atoms with Crippen molar-refractivity contribution in [3.63, 3.8) is 0 Å². The Morgan fingerprint density at radius 2 is 1.47 bits per heavy atom. The molecule has 3 heteroatoms. The summed E-state index contributed by atoms with van der Waals surface area (Å²) in [5.41, 5.74) is 5.67. The zero-order chi connectivity index (χ0) is 11.7. The molecule has 0 aromatic rings. The van der Waals surface area contributed by atoms with Crippen LogP contribution in [-0.4, -0.2) is 54.6 Å². The van der Waals surface area contributed by atoms with Crippen molar-refractivity contribution < 1.29 is 0 Å². The zero-order valence-electron chi connectivity index (χ0n) is 11.0. The van der Waals surface area contributed by atoms with Gasteiger partial charge in [-0.3, -0.25) is 9.80 Å². The van der Waals surface area contributed by atoms with Crippen LogP contribution in [-0.2, 0) is 0 Å². The highest BCUT2D eigenvalue weighted by atomic mass is 15.3. The van der Waals surface area contributed by atoms with Gasteiger partial charge >= 0.3 is 0 Å². The first-order valence-electron chi connectivity index (χ1n) is 7.56. The third kappa shape index (κ3) is 2.38. The lowest BCUT2D eigenvalue weighted by molar-refractivity contribution is 0.109. The molecule has 3 saturated heterocycles. The minimum Gasteiger partial charge on any atom is -0.330 e. The molecule has 0 saturated carbocycles. The average molecular weight is 237 g/mol. The van der Waals surface area contributed by atoms with Gasteiger partial charge < -0.3 is 5.73 Å². The molecule has 3 aliphatic rings. The van der Waals surface area contributed by atoms with Gasteiger partial charge in [0.1, 0.15) is 0 Å². The van der Waals surface area contributed by atoms with Gasteiger partial charge in [0, 0.05) is 18.6 Å². The van der Waals surface area contributed by atoms with E-state index < -0.39 is 0 Å². The van der Waals surface area contributed by atoms with E-state index in [0.29, 0.717) is 0 Å². The second-order valence-corrected chi connectivity index (χ2v) is 6.16. The molecule has 0 aliphatic carbocycles. The second kappa shape index (κ2) is 5.25. The van der Waals surface area contributed by atoms with Crippen LogP contribution >= 0.6 is 0 Å². The van der Waals surface area contributed by atoms with Crippen molar-refractivity contribution in [2.24, 2.45) is 11.7 Å². The molecule has 3 nitrogen and oxygen atoms in total. The summed E-state index contributed by atoms with van der Waals surface area (Å²) in [5, 5.41) is 0. The first-order chi connectivity index (χ1) is 8.38. The van der Waals surface area contributed by atoms with Gasteiger partial charge in [0.15, 0.2) is 0 Å². The van der Waals surface area contributed by atoms with E-state index in [1.807, 2.05) is 0 Å². The molecule has 3 fully saturated rings. The monoisotopic (exact) mass is 237 g/mol. The van der Waals surface area contributed by atoms with Crippen molar-refractivity contribution in [3.8, 4) is 0 Å². The number of hydrogen-bond acceptors (Lipinski definition) is 3. The molecule has 17 heavy (non-hydrogen) atoms. The molecule has 2 N–H and O–H groups in total. The maximum absolute atomic E-state index is 5.67. The molecule has 3 heterocycles. The maximum atomic E-state index is 5.67. The molecular formula is C14H27N3. The van der Waals surface area contributed by atoms with E-state index in [1.54, 1.807) is 0 Å². The number of rotatable bonds is 3. The summed E-state index contributed by atoms with van der Waals surface area (Å²) >= 11 is 0. The number of piperidine rings is 1. The molecule has 0 amide bonds. The summed E-state index contributed by atoms with van der Waals surface area (Å²) in [6.07, 6.45) is 8.33. The number of nitrogens with two attached hydrogens (primary N) is 1. The molecule has 0 radical (unpaired) electrons. The van der Waals surface area contributed by atoms with E-state index in [4.69, 9.17) is 5.73 Å². The van der Waals surface area contributed by atoms with Gasteiger partial charge in [-0.1, -0.05) is 0 Å². The van der Waals surface area contributed by atoms with Crippen molar-refractivity contribution in [1.29, 1.82) is 0 Å². The minimum absolute atomic E-state index is 0.879. The van der Waals surface area contributed by atoms with Crippen molar-refractivity contribution in [1.82, 2.24) is 9.80 Å². The Balaban J connectivity index is 1.53. The normalized spacial score (nSPS) is 36.5. The van der Waals surface area contributed by atoms with Crippen LogP contribution in [0.15, 0.2) is 0 Å². The number of hydrogen-bond donors (Lipinski definition) is 1. The molecule has 2 unspecified atom stereocenters. The lowest BCUT2D eigenvalue weighted by atomic mass is 9.91. The van der Waals surface area contributed by atoms with Crippen LogP contribution in [0.2, 0.25) is 0 Å². The number of nitrogens with zero attached hydrogens (tertiary/aromatic N) is 2. The van der Waals surface area contributed by atoms with Crippen LogP contribution in [0.25, 0.3) is 0 Å². The summed E-state index contributed by atoms with van der Waals surface area (Å²) in [7, 11) is 0. The Morgan fingerprint density at radius 1 is 0.824 bits per heavy atom. The van der Waals surface area contributed by atoms with Gasteiger partial charge in [0.25, 0.3) is 0 Å². The number of likely N-dealkylation sites (tertiary alicyclic amines) is 1. The molecule has 3 rings (SSSR count). The van der Waals surface area contributed by atoms with Gasteiger partial charge in [0.05, 0.1) is 0 Å². The van der Waals surface area contributed by atoms with Crippen molar-refractivity contribution in [3.05, 3.63) is 0 Å². The van der Waals surface area contributed by atoms with E-state index in [1.165, 1.54) is 64.7 Å². The van der Waals surface area contributed by atoms with Crippen LogP contribution in [0, 0.1) is 5.92 Å². The Hall–Kier alpha value is -0.120. The van der Waals surface area contributed by atoms with Gasteiger partial charge in [0.2, 0.25) is 0 Å². The van der Waals surface area contributed by atoms with Crippen LogP contribution in [0.4, 0.5) is 0 Å². The lowest BCUT2D eigenvalue weighted by Crippen LogP contribution is -2.46. The molecule has 3 aliphatic heterocycles. The van der Waals surface area contributed by atoms with Crippen LogP contribution in [0.3, 0.4) is 0 Å². The number of fused-ring (bicyclic) bond motifs is 1. The first kappa shape index (κ1) is 11.9. The molecule has 98 valence electrons. The minimum atomic E-state index is 0.879. The van der Waals surface area contributed by atoms with E-state index >= 15 is 0 Å². The van der Waals surface area contributed by atoms with Gasteiger partial charge in [-0.2, -0.15) is 0 Å². The van der Waals surface area contributed by atoms with E-state index in [9.17, 15) is 0 Å². The summed E-state index contributed by atoms with van der Waals surface area (Å²) in [6.45, 7) is 6.27. The quantitative estimate of drug-likeness (QED) is 0.803. The summed E-state index contributed by atoms with van der Waals surface area (Å²) < 4.78 is 0. The van der Waals surface area contributed by atoms with E-state index in [0.717, 1.165) is 24.5 Å². The van der Waals surface area contributed by atoms with Crippen molar-refractivity contribution in [2.45, 2.75) is 50.6 Å². The molecular weight excluding hydrogens is 210 g/mol. The molecule has 2 atom stereocenters. The molecule has 0 aromatic heterocycles. The molecule has 0 aromatic carbocycles. The maximum Gasteiger partial charge on any atom is 0.0263 e. The first-order valence-corrected chi connectivity index (χ1v) is 7.56. The molecule has 0 spiro atoms. The lowest BCUT2D eigenvalue weighted by Gasteiger charge is -2.38. The van der Waals surface area contributed by atoms with E-state index in [2.05, 4.69) is 9.80 Å². The Kier molecular flexibility index (Phi) is 3.69. The highest BCUT2D eigenvalue weighted by Gasteiger charge is 2.40. The van der Waals surface area contributed by atoms with Crippen LogP contribution < -0.4 is 5.73 Å². The SMILES string of the molecule is NCCC1CCN(C2CCN3CCCC23)CC1. The highest BCUT2D eigenvalue weighted by Crippen LogP contribution is 2.33. The Labute approximate surface area is 105 Å². The topological polar surface area (TPSA) is 32.5 Å². The van der Waals surface area contributed by atoms with Crippen LogP contribution in [0.5, 0.6) is 0 Å². The third-order valence-electron chi connectivity index (χ3n) is 5.26. The van der Waals surface area contributed by atoms with Crippen molar-refractivity contribution >= 4 is 0 Å². The smallest absolute Gasteiger partial charge is 0.0263 e. The van der Waals surface area contributed by atoms with E-state index in [-0.39, 0.29) is 0 Å². The van der Waals surface area contributed by atoms with Crippen molar-refractivity contribution in [2.75, 3.05) is 32.7 Å². The largest absolute Gasteiger partial charge is 0.330 e. The van der Waals surface area contributed by atoms with Crippen LogP contribution in [0.1, 0.15) is 38.5 Å². The fourth-order valence-corrected chi connectivity index (χ4v) is 4.29. The van der Waals surface area contributed by atoms with Gasteiger partial charge in [-0.15, -0.1) is 0 Å². The second-order valence-electron chi connectivity index (χ2n) is 6.16. The average Bonchev–Trinajstić information content (AvgIpc) is 2.93. The summed E-state index contributed by atoms with van der Waals surface area (Å²) in [6, 6.07) is 1.79. The fourth-order valence-electron chi connectivity index (χ4n) is 4.29. The Morgan fingerprint density at radius 3 is 2.24 bits per heavy atom.